The van der Waals surface area contributed by atoms with Crippen molar-refractivity contribution in [1.82, 2.24) is 4.57 Å². The van der Waals surface area contributed by atoms with Crippen molar-refractivity contribution in [1.29, 1.82) is 0 Å². The topological polar surface area (TPSA) is 68.5 Å². The van der Waals surface area contributed by atoms with Gasteiger partial charge in [0.15, 0.2) is 0 Å². The highest BCUT2D eigenvalue weighted by molar-refractivity contribution is 5.97. The number of hydrogen-bond acceptors (Lipinski definition) is 3. The summed E-state index contributed by atoms with van der Waals surface area (Å²) in [5.74, 6) is -2.16. The average Bonchev–Trinajstić information content (AvgIpc) is 2.74. The first kappa shape index (κ1) is 17.8. The molecule has 0 aliphatic carbocycles. The molecule has 2 rings (SSSR count). The molecule has 24 heavy (non-hydrogen) atoms. The molecule has 1 aromatic heterocycles. The minimum atomic E-state index is -4.63. The molecule has 130 valence electrons. The van der Waals surface area contributed by atoms with Crippen LogP contribution in [-0.2, 0) is 22.3 Å². The molecule has 0 bridgehead atoms. The maximum absolute atomic E-state index is 13.1. The van der Waals surface area contributed by atoms with E-state index >= 15 is 0 Å². The number of alkyl halides is 3. The lowest BCUT2D eigenvalue weighted by molar-refractivity contribution is -0.155. The van der Waals surface area contributed by atoms with Crippen LogP contribution in [0, 0.1) is 0 Å². The molecule has 0 unspecified atom stereocenters. The van der Waals surface area contributed by atoms with Gasteiger partial charge >= 0.3 is 18.1 Å². The second-order valence-electron chi connectivity index (χ2n) is 6.24. The molecule has 0 saturated carbocycles. The van der Waals surface area contributed by atoms with Crippen LogP contribution in [0.4, 0.5) is 13.2 Å². The van der Waals surface area contributed by atoms with Crippen LogP contribution < -0.4 is 0 Å². The Labute approximate surface area is 135 Å². The largest absolute Gasteiger partial charge is 0.477 e. The molecule has 8 heteroatoms. The third kappa shape index (κ3) is 3.69. The first-order valence-electron chi connectivity index (χ1n) is 7.05. The Bertz CT molecular complexity index is 800. The molecule has 1 N–H and O–H groups in total. The Morgan fingerprint density at radius 2 is 1.83 bits per heavy atom. The average molecular weight is 343 g/mol. The van der Waals surface area contributed by atoms with Crippen molar-refractivity contribution in [3.63, 3.8) is 0 Å². The summed E-state index contributed by atoms with van der Waals surface area (Å²) in [6.07, 6.45) is -4.63. The number of benzene rings is 1. The Balaban J connectivity index is 2.58. The molecule has 0 saturated heterocycles. The lowest BCUT2D eigenvalue weighted by Gasteiger charge is -2.20. The quantitative estimate of drug-likeness (QED) is 0.863. The zero-order valence-electron chi connectivity index (χ0n) is 13.3. The molecule has 0 atom stereocenters. The number of carbonyl (C=O) groups excluding carboxylic acids is 1. The van der Waals surface area contributed by atoms with Crippen molar-refractivity contribution in [3.05, 3.63) is 35.5 Å². The van der Waals surface area contributed by atoms with Crippen LogP contribution in [0.5, 0.6) is 0 Å². The number of aromatic carboxylic acids is 1. The van der Waals surface area contributed by atoms with E-state index in [4.69, 9.17) is 4.74 Å². The lowest BCUT2D eigenvalue weighted by atomic mass is 10.1. The SMILES string of the molecule is CC(C)(C)OC(=O)Cn1c(C(=O)O)cc2c(C(F)(F)F)cccc21. The highest BCUT2D eigenvalue weighted by Crippen LogP contribution is 2.36. The molecule has 0 fully saturated rings. The molecular formula is C16H16F3NO4. The molecule has 0 spiro atoms. The fourth-order valence-corrected chi connectivity index (χ4v) is 2.38. The number of esters is 1. The van der Waals surface area contributed by atoms with E-state index in [1.54, 1.807) is 20.8 Å². The third-order valence-corrected chi connectivity index (χ3v) is 3.18. The smallest absolute Gasteiger partial charge is 0.417 e. The van der Waals surface area contributed by atoms with E-state index in [1.807, 2.05) is 0 Å². The molecular weight excluding hydrogens is 327 g/mol. The predicted octanol–water partition coefficient (Wildman–Crippen LogP) is 3.70. The normalized spacial score (nSPS) is 12.4. The highest BCUT2D eigenvalue weighted by atomic mass is 19.4. The van der Waals surface area contributed by atoms with Crippen molar-refractivity contribution in [2.45, 2.75) is 39.1 Å². The second-order valence-corrected chi connectivity index (χ2v) is 6.24. The number of carboxylic acids is 1. The zero-order valence-corrected chi connectivity index (χ0v) is 13.3. The van der Waals surface area contributed by atoms with Crippen LogP contribution in [0.15, 0.2) is 24.3 Å². The van der Waals surface area contributed by atoms with Gasteiger partial charge in [-0.05, 0) is 39.0 Å². The van der Waals surface area contributed by atoms with Crippen molar-refractivity contribution in [3.8, 4) is 0 Å². The first-order valence-corrected chi connectivity index (χ1v) is 7.05. The van der Waals surface area contributed by atoms with Gasteiger partial charge in [-0.3, -0.25) is 4.79 Å². The van der Waals surface area contributed by atoms with E-state index in [1.165, 1.54) is 12.1 Å². The summed E-state index contributed by atoms with van der Waals surface area (Å²) in [5.41, 5.74) is -2.15. The maximum Gasteiger partial charge on any atom is 0.417 e. The van der Waals surface area contributed by atoms with Gasteiger partial charge in [-0.15, -0.1) is 0 Å². The molecule has 0 amide bonds. The number of hydrogen-bond donors (Lipinski definition) is 1. The summed E-state index contributed by atoms with van der Waals surface area (Å²) in [6, 6.07) is 4.29. The number of nitrogens with zero attached hydrogens (tertiary/aromatic N) is 1. The van der Waals surface area contributed by atoms with Gasteiger partial charge in [-0.25, -0.2) is 4.79 Å². The van der Waals surface area contributed by atoms with Crippen LogP contribution in [0.2, 0.25) is 0 Å². The van der Waals surface area contributed by atoms with Gasteiger partial charge in [-0.1, -0.05) is 6.07 Å². The number of fused-ring (bicyclic) bond motifs is 1. The summed E-state index contributed by atoms with van der Waals surface area (Å²) in [6.45, 7) is 4.42. The van der Waals surface area contributed by atoms with E-state index in [0.29, 0.717) is 0 Å². The fraction of sp³-hybridized carbons (Fsp3) is 0.375. The lowest BCUT2D eigenvalue weighted by Crippen LogP contribution is -2.27. The second kappa shape index (κ2) is 5.85. The van der Waals surface area contributed by atoms with E-state index in [9.17, 15) is 27.9 Å². The number of rotatable bonds is 3. The van der Waals surface area contributed by atoms with Crippen LogP contribution in [0.3, 0.4) is 0 Å². The molecule has 0 radical (unpaired) electrons. The predicted molar refractivity (Wildman–Crippen MR) is 79.7 cm³/mol. The van der Waals surface area contributed by atoms with Gasteiger partial charge in [0, 0.05) is 10.9 Å². The summed E-state index contributed by atoms with van der Waals surface area (Å²) in [7, 11) is 0. The first-order chi connectivity index (χ1) is 10.9. The Morgan fingerprint density at radius 3 is 2.33 bits per heavy atom. The van der Waals surface area contributed by atoms with Crippen molar-refractivity contribution in [2.24, 2.45) is 0 Å². The summed E-state index contributed by atoms with van der Waals surface area (Å²) in [4.78, 5) is 23.3. The standard InChI is InChI=1S/C16H16F3NO4/c1-15(2,3)24-13(21)8-20-11-6-4-5-10(16(17,18)19)9(11)7-12(20)14(22)23/h4-7H,8H2,1-3H3,(H,22,23). The number of halogens is 3. The van der Waals surface area contributed by atoms with Crippen molar-refractivity contribution < 1.29 is 32.6 Å². The van der Waals surface area contributed by atoms with Crippen LogP contribution in [0.25, 0.3) is 10.9 Å². The number of carbonyl (C=O) groups is 2. The summed E-state index contributed by atoms with van der Waals surface area (Å²) < 4.78 is 45.4. The van der Waals surface area contributed by atoms with Crippen molar-refractivity contribution >= 4 is 22.8 Å². The van der Waals surface area contributed by atoms with E-state index in [2.05, 4.69) is 0 Å². The molecule has 5 nitrogen and oxygen atoms in total. The number of carboxylic acid groups (broad SMARTS) is 1. The summed E-state index contributed by atoms with van der Waals surface area (Å²) in [5, 5.41) is 8.98. The number of aromatic nitrogens is 1. The molecule has 0 aliphatic rings. The molecule has 2 aromatic rings. The fourth-order valence-electron chi connectivity index (χ4n) is 2.38. The van der Waals surface area contributed by atoms with Crippen molar-refractivity contribution in [2.75, 3.05) is 0 Å². The van der Waals surface area contributed by atoms with Gasteiger partial charge < -0.3 is 14.4 Å². The molecule has 1 aromatic carbocycles. The van der Waals surface area contributed by atoms with E-state index in [-0.39, 0.29) is 10.9 Å². The van der Waals surface area contributed by atoms with Gasteiger partial charge in [-0.2, -0.15) is 13.2 Å². The summed E-state index contributed by atoms with van der Waals surface area (Å²) >= 11 is 0. The minimum Gasteiger partial charge on any atom is -0.477 e. The van der Waals surface area contributed by atoms with E-state index < -0.39 is 41.5 Å². The van der Waals surface area contributed by atoms with E-state index in [0.717, 1.165) is 16.7 Å². The van der Waals surface area contributed by atoms with Crippen LogP contribution >= 0.6 is 0 Å². The van der Waals surface area contributed by atoms with Gasteiger partial charge in [0.1, 0.15) is 17.8 Å². The zero-order chi connectivity index (χ0) is 18.3. The number of ether oxygens (including phenoxy) is 1. The van der Waals surface area contributed by atoms with Crippen LogP contribution in [-0.4, -0.2) is 27.2 Å². The Morgan fingerprint density at radius 1 is 1.21 bits per heavy atom. The molecule has 0 aliphatic heterocycles. The molecule has 1 heterocycles. The monoisotopic (exact) mass is 343 g/mol. The van der Waals surface area contributed by atoms with Crippen LogP contribution in [0.1, 0.15) is 36.8 Å². The van der Waals surface area contributed by atoms with Gasteiger partial charge in [0.2, 0.25) is 0 Å². The maximum atomic E-state index is 13.1. The van der Waals surface area contributed by atoms with Gasteiger partial charge in [0.05, 0.1) is 5.56 Å². The minimum absolute atomic E-state index is 0.00749. The highest BCUT2D eigenvalue weighted by Gasteiger charge is 2.34. The third-order valence-electron chi connectivity index (χ3n) is 3.18. The van der Waals surface area contributed by atoms with Gasteiger partial charge in [0.25, 0.3) is 0 Å². The Hall–Kier alpha value is -2.51. The Kier molecular flexibility index (Phi) is 4.34.